The van der Waals surface area contributed by atoms with E-state index in [0.717, 1.165) is 15.8 Å². The molecule has 0 heterocycles. The fourth-order valence-corrected chi connectivity index (χ4v) is 2.48. The average molecular weight is 269 g/mol. The molecular formula is C12H17BrN2. The van der Waals surface area contributed by atoms with Gasteiger partial charge in [-0.3, -0.25) is 0 Å². The Morgan fingerprint density at radius 3 is 2.67 bits per heavy atom. The van der Waals surface area contributed by atoms with Crippen LogP contribution in [0.4, 0.5) is 11.4 Å². The fraction of sp³-hybridized carbons (Fsp3) is 0.500. The van der Waals surface area contributed by atoms with Gasteiger partial charge in [0.2, 0.25) is 0 Å². The Labute approximate surface area is 99.4 Å². The first-order valence-corrected chi connectivity index (χ1v) is 6.28. The number of benzene rings is 1. The summed E-state index contributed by atoms with van der Waals surface area (Å²) in [7, 11) is 0. The Bertz CT molecular complexity index is 353. The maximum absolute atomic E-state index is 5.97. The second-order valence-electron chi connectivity index (χ2n) is 4.34. The first kappa shape index (κ1) is 10.8. The Kier molecular flexibility index (Phi) is 2.91. The number of hydrogen-bond acceptors (Lipinski definition) is 2. The van der Waals surface area contributed by atoms with Crippen molar-refractivity contribution < 1.29 is 0 Å². The smallest absolute Gasteiger partial charge is 0.0578 e. The Morgan fingerprint density at radius 2 is 2.20 bits per heavy atom. The van der Waals surface area contributed by atoms with Gasteiger partial charge in [0.25, 0.3) is 0 Å². The van der Waals surface area contributed by atoms with Crippen LogP contribution >= 0.6 is 15.9 Å². The second-order valence-corrected chi connectivity index (χ2v) is 5.26. The van der Waals surface area contributed by atoms with Gasteiger partial charge < -0.3 is 11.1 Å². The third-order valence-corrected chi connectivity index (χ3v) is 3.89. The van der Waals surface area contributed by atoms with Crippen molar-refractivity contribution in [3.63, 3.8) is 0 Å². The van der Waals surface area contributed by atoms with Crippen LogP contribution in [0.25, 0.3) is 0 Å². The van der Waals surface area contributed by atoms with E-state index in [-0.39, 0.29) is 0 Å². The van der Waals surface area contributed by atoms with Gasteiger partial charge >= 0.3 is 0 Å². The Morgan fingerprint density at radius 1 is 1.47 bits per heavy atom. The molecule has 0 aromatic heterocycles. The van der Waals surface area contributed by atoms with Gasteiger partial charge in [-0.15, -0.1) is 0 Å². The largest absolute Gasteiger partial charge is 0.397 e. The van der Waals surface area contributed by atoms with Crippen LogP contribution in [0.2, 0.25) is 0 Å². The molecule has 0 bridgehead atoms. The quantitative estimate of drug-likeness (QED) is 0.819. The normalized spacial score (nSPS) is 18.3. The summed E-state index contributed by atoms with van der Waals surface area (Å²) in [6.45, 7) is 2.24. The summed E-state index contributed by atoms with van der Waals surface area (Å²) < 4.78 is 1.03. The number of hydrogen-bond donors (Lipinski definition) is 2. The molecule has 0 spiro atoms. The van der Waals surface area contributed by atoms with Gasteiger partial charge in [0.15, 0.2) is 0 Å². The topological polar surface area (TPSA) is 38.0 Å². The van der Waals surface area contributed by atoms with Crippen molar-refractivity contribution in [3.05, 3.63) is 22.7 Å². The van der Waals surface area contributed by atoms with E-state index in [1.54, 1.807) is 0 Å². The zero-order chi connectivity index (χ0) is 10.9. The molecule has 1 saturated carbocycles. The number of anilines is 2. The van der Waals surface area contributed by atoms with Crippen molar-refractivity contribution in [2.75, 3.05) is 11.1 Å². The van der Waals surface area contributed by atoms with E-state index < -0.39 is 0 Å². The SMILES string of the molecule is CCC1(Nc2ccc(Br)cc2N)CCC1. The number of halogens is 1. The van der Waals surface area contributed by atoms with E-state index in [2.05, 4.69) is 34.2 Å². The predicted molar refractivity (Wildman–Crippen MR) is 69.1 cm³/mol. The first-order chi connectivity index (χ1) is 7.15. The third-order valence-electron chi connectivity index (χ3n) is 3.40. The summed E-state index contributed by atoms with van der Waals surface area (Å²) in [6.07, 6.45) is 5.03. The monoisotopic (exact) mass is 268 g/mol. The van der Waals surface area contributed by atoms with Gasteiger partial charge in [0.1, 0.15) is 0 Å². The molecule has 15 heavy (non-hydrogen) atoms. The maximum Gasteiger partial charge on any atom is 0.0578 e. The van der Waals surface area contributed by atoms with Crippen LogP contribution in [0.15, 0.2) is 22.7 Å². The summed E-state index contributed by atoms with van der Waals surface area (Å²) in [5.41, 5.74) is 8.17. The summed E-state index contributed by atoms with van der Waals surface area (Å²) in [6, 6.07) is 6.03. The van der Waals surface area contributed by atoms with Crippen LogP contribution in [0.1, 0.15) is 32.6 Å². The number of rotatable bonds is 3. The summed E-state index contributed by atoms with van der Waals surface area (Å²) in [5, 5.41) is 3.59. The lowest BCUT2D eigenvalue weighted by molar-refractivity contribution is 0.270. The van der Waals surface area contributed by atoms with Crippen molar-refractivity contribution in [3.8, 4) is 0 Å². The minimum absolute atomic E-state index is 0.307. The van der Waals surface area contributed by atoms with Crippen LogP contribution < -0.4 is 11.1 Å². The lowest BCUT2D eigenvalue weighted by Crippen LogP contribution is -2.44. The molecule has 2 rings (SSSR count). The molecule has 0 aliphatic heterocycles. The molecular weight excluding hydrogens is 252 g/mol. The van der Waals surface area contributed by atoms with Crippen molar-refractivity contribution in [2.24, 2.45) is 0 Å². The molecule has 0 amide bonds. The summed E-state index contributed by atoms with van der Waals surface area (Å²) in [5.74, 6) is 0. The highest BCUT2D eigenvalue weighted by Gasteiger charge is 2.35. The minimum atomic E-state index is 0.307. The van der Waals surface area contributed by atoms with Crippen LogP contribution in [0.5, 0.6) is 0 Å². The average Bonchev–Trinajstić information content (AvgIpc) is 2.14. The van der Waals surface area contributed by atoms with Crippen molar-refractivity contribution >= 4 is 27.3 Å². The highest BCUT2D eigenvalue weighted by atomic mass is 79.9. The zero-order valence-corrected chi connectivity index (χ0v) is 10.6. The van der Waals surface area contributed by atoms with Crippen molar-refractivity contribution in [1.29, 1.82) is 0 Å². The van der Waals surface area contributed by atoms with Crippen LogP contribution in [-0.4, -0.2) is 5.54 Å². The fourth-order valence-electron chi connectivity index (χ4n) is 2.10. The second kappa shape index (κ2) is 4.05. The molecule has 3 heteroatoms. The van der Waals surface area contributed by atoms with E-state index in [9.17, 15) is 0 Å². The van der Waals surface area contributed by atoms with Gasteiger partial charge in [0.05, 0.1) is 11.4 Å². The van der Waals surface area contributed by atoms with Crippen LogP contribution in [0.3, 0.4) is 0 Å². The lowest BCUT2D eigenvalue weighted by Gasteiger charge is -2.43. The van der Waals surface area contributed by atoms with E-state index in [1.165, 1.54) is 25.7 Å². The van der Waals surface area contributed by atoms with Crippen LogP contribution in [0, 0.1) is 0 Å². The number of nitrogen functional groups attached to an aromatic ring is 1. The minimum Gasteiger partial charge on any atom is -0.397 e. The summed E-state index contributed by atoms with van der Waals surface area (Å²) >= 11 is 3.42. The van der Waals surface area contributed by atoms with Crippen LogP contribution in [-0.2, 0) is 0 Å². The van der Waals surface area contributed by atoms with Gasteiger partial charge in [-0.2, -0.15) is 0 Å². The van der Waals surface area contributed by atoms with Gasteiger partial charge in [-0.25, -0.2) is 0 Å². The molecule has 1 fully saturated rings. The van der Waals surface area contributed by atoms with Crippen molar-refractivity contribution in [2.45, 2.75) is 38.1 Å². The predicted octanol–water partition coefficient (Wildman–Crippen LogP) is 3.78. The Hall–Kier alpha value is -0.700. The molecule has 0 saturated heterocycles. The number of nitrogens with one attached hydrogen (secondary N) is 1. The van der Waals surface area contributed by atoms with E-state index in [1.807, 2.05) is 12.1 Å². The molecule has 1 aromatic carbocycles. The number of nitrogens with two attached hydrogens (primary N) is 1. The Balaban J connectivity index is 2.16. The van der Waals surface area contributed by atoms with E-state index in [4.69, 9.17) is 5.73 Å². The molecule has 2 nitrogen and oxygen atoms in total. The molecule has 0 atom stereocenters. The molecule has 82 valence electrons. The highest BCUT2D eigenvalue weighted by molar-refractivity contribution is 9.10. The zero-order valence-electron chi connectivity index (χ0n) is 9.02. The highest BCUT2D eigenvalue weighted by Crippen LogP contribution is 2.39. The van der Waals surface area contributed by atoms with E-state index in [0.29, 0.717) is 5.54 Å². The van der Waals surface area contributed by atoms with Gasteiger partial charge in [-0.05, 0) is 43.9 Å². The first-order valence-electron chi connectivity index (χ1n) is 5.48. The molecule has 3 N–H and O–H groups in total. The maximum atomic E-state index is 5.97. The molecule has 1 aliphatic rings. The molecule has 1 aliphatic carbocycles. The third kappa shape index (κ3) is 2.12. The summed E-state index contributed by atoms with van der Waals surface area (Å²) in [4.78, 5) is 0. The van der Waals surface area contributed by atoms with Crippen molar-refractivity contribution in [1.82, 2.24) is 0 Å². The van der Waals surface area contributed by atoms with Gasteiger partial charge in [0, 0.05) is 10.0 Å². The molecule has 1 aromatic rings. The van der Waals surface area contributed by atoms with Gasteiger partial charge in [-0.1, -0.05) is 22.9 Å². The molecule has 0 unspecified atom stereocenters. The van der Waals surface area contributed by atoms with E-state index >= 15 is 0 Å². The molecule has 0 radical (unpaired) electrons. The lowest BCUT2D eigenvalue weighted by atomic mass is 9.74. The standard InChI is InChI=1S/C12H17BrN2/c1-2-12(6-3-7-12)15-11-5-4-9(13)8-10(11)14/h4-5,8,15H,2-3,6-7,14H2,1H3.